The largest absolute Gasteiger partial charge is 0.508 e. The zero-order valence-electron chi connectivity index (χ0n) is 20.6. The first-order valence-corrected chi connectivity index (χ1v) is 11.8. The van der Waals surface area contributed by atoms with Gasteiger partial charge in [-0.25, -0.2) is 0 Å². The van der Waals surface area contributed by atoms with E-state index in [1.54, 1.807) is 60.7 Å². The van der Waals surface area contributed by atoms with Gasteiger partial charge in [-0.2, -0.15) is 0 Å². The van der Waals surface area contributed by atoms with E-state index in [1.165, 1.54) is 24.3 Å². The van der Waals surface area contributed by atoms with Crippen molar-refractivity contribution in [3.05, 3.63) is 105 Å². The molecular weight excluding hydrogens is 456 g/mol. The zero-order chi connectivity index (χ0) is 26.2. The Hall–Kier alpha value is -4.58. The van der Waals surface area contributed by atoms with Gasteiger partial charge >= 0.3 is 0 Å². The summed E-state index contributed by atoms with van der Waals surface area (Å²) < 4.78 is 11.1. The van der Waals surface area contributed by atoms with Gasteiger partial charge in [-0.15, -0.1) is 0 Å². The minimum absolute atomic E-state index is 0.0724. The van der Waals surface area contributed by atoms with Crippen LogP contribution in [0.4, 0.5) is 0 Å². The van der Waals surface area contributed by atoms with Crippen molar-refractivity contribution in [1.82, 2.24) is 0 Å². The van der Waals surface area contributed by atoms with Crippen LogP contribution in [0.15, 0.2) is 103 Å². The van der Waals surface area contributed by atoms with Crippen molar-refractivity contribution in [3.8, 4) is 11.5 Å². The molecule has 0 saturated carbocycles. The standard InChI is InChI=1S/2C13H8O3.2C2H6/c2*14-8-5-6-10-12(7-8)16-11-4-2-1-3-9(11)13(10)15;2*1-2/h2*1-7,14H;2*1-2H3. The van der Waals surface area contributed by atoms with Crippen LogP contribution < -0.4 is 10.9 Å². The predicted molar refractivity (Wildman–Crippen MR) is 146 cm³/mol. The molecule has 36 heavy (non-hydrogen) atoms. The van der Waals surface area contributed by atoms with Crippen LogP contribution in [0, 0.1) is 0 Å². The summed E-state index contributed by atoms with van der Waals surface area (Å²) in [5, 5.41) is 20.7. The third kappa shape index (κ3) is 5.23. The summed E-state index contributed by atoms with van der Waals surface area (Å²) >= 11 is 0. The lowest BCUT2D eigenvalue weighted by molar-refractivity contribution is 0.474. The van der Waals surface area contributed by atoms with Gasteiger partial charge in [0.25, 0.3) is 0 Å². The topological polar surface area (TPSA) is 101 Å². The van der Waals surface area contributed by atoms with E-state index in [1.807, 2.05) is 27.7 Å². The van der Waals surface area contributed by atoms with Gasteiger partial charge in [0.1, 0.15) is 33.8 Å². The minimum atomic E-state index is -0.0724. The fourth-order valence-corrected chi connectivity index (χ4v) is 3.58. The fraction of sp³-hybridized carbons (Fsp3) is 0.133. The lowest BCUT2D eigenvalue weighted by atomic mass is 10.1. The molecule has 0 aliphatic carbocycles. The number of phenolic OH excluding ortho intramolecular Hbond substituents is 2. The number of phenols is 2. The molecule has 6 aromatic rings. The van der Waals surface area contributed by atoms with Crippen LogP contribution >= 0.6 is 0 Å². The molecule has 2 aromatic heterocycles. The van der Waals surface area contributed by atoms with Crippen molar-refractivity contribution in [1.29, 1.82) is 0 Å². The Balaban J connectivity index is 0.000000177. The van der Waals surface area contributed by atoms with Crippen LogP contribution in [0.5, 0.6) is 11.5 Å². The maximum atomic E-state index is 12.1. The van der Waals surface area contributed by atoms with E-state index in [4.69, 9.17) is 8.83 Å². The maximum Gasteiger partial charge on any atom is 0.200 e. The molecule has 0 aliphatic rings. The van der Waals surface area contributed by atoms with Gasteiger partial charge in [-0.1, -0.05) is 52.0 Å². The van der Waals surface area contributed by atoms with Crippen molar-refractivity contribution < 1.29 is 19.0 Å². The highest BCUT2D eigenvalue weighted by Gasteiger charge is 2.08. The van der Waals surface area contributed by atoms with Crippen molar-refractivity contribution in [3.63, 3.8) is 0 Å². The van der Waals surface area contributed by atoms with Gasteiger partial charge in [0.05, 0.1) is 21.5 Å². The third-order valence-corrected chi connectivity index (χ3v) is 5.12. The van der Waals surface area contributed by atoms with Gasteiger partial charge in [-0.05, 0) is 48.5 Å². The van der Waals surface area contributed by atoms with Crippen LogP contribution in [-0.4, -0.2) is 10.2 Å². The molecule has 0 aliphatic heterocycles. The number of benzene rings is 4. The van der Waals surface area contributed by atoms with Gasteiger partial charge in [0.15, 0.2) is 0 Å². The van der Waals surface area contributed by atoms with Crippen LogP contribution in [0.25, 0.3) is 43.9 Å². The third-order valence-electron chi connectivity index (χ3n) is 5.12. The number of hydrogen-bond donors (Lipinski definition) is 2. The summed E-state index contributed by atoms with van der Waals surface area (Å²) in [5.74, 6) is 0.178. The van der Waals surface area contributed by atoms with Gasteiger partial charge < -0.3 is 19.0 Å². The predicted octanol–water partition coefficient (Wildman–Crippen LogP) is 7.36. The summed E-state index contributed by atoms with van der Waals surface area (Å²) in [4.78, 5) is 24.1. The number of aromatic hydroxyl groups is 2. The SMILES string of the molecule is CC.CC.O=c1c2ccccc2oc2cc(O)ccc12.O=c1c2ccccc2oc2cc(O)ccc12. The van der Waals surface area contributed by atoms with Gasteiger partial charge in [0.2, 0.25) is 10.9 Å². The normalized spacial score (nSPS) is 10.1. The fourth-order valence-electron chi connectivity index (χ4n) is 3.58. The molecule has 0 amide bonds. The Labute approximate surface area is 207 Å². The highest BCUT2D eigenvalue weighted by molar-refractivity contribution is 5.91. The Morgan fingerprint density at radius 1 is 0.472 bits per heavy atom. The lowest BCUT2D eigenvalue weighted by Crippen LogP contribution is -2.01. The highest BCUT2D eigenvalue weighted by Crippen LogP contribution is 2.22. The van der Waals surface area contributed by atoms with Crippen LogP contribution in [-0.2, 0) is 0 Å². The number of fused-ring (bicyclic) bond motifs is 4. The Morgan fingerprint density at radius 2 is 0.806 bits per heavy atom. The van der Waals surface area contributed by atoms with E-state index in [-0.39, 0.29) is 22.4 Å². The summed E-state index contributed by atoms with van der Waals surface area (Å²) in [6, 6.07) is 23.1. The lowest BCUT2D eigenvalue weighted by Gasteiger charge is -2.00. The maximum absolute atomic E-state index is 12.1. The monoisotopic (exact) mass is 484 g/mol. The molecular formula is C30H28O6. The quantitative estimate of drug-likeness (QED) is 0.219. The van der Waals surface area contributed by atoms with Crippen LogP contribution in [0.3, 0.4) is 0 Å². The summed E-state index contributed by atoms with van der Waals surface area (Å²) in [6.07, 6.45) is 0. The molecule has 0 saturated heterocycles. The Kier molecular flexibility index (Phi) is 8.47. The highest BCUT2D eigenvalue weighted by atomic mass is 16.3. The van der Waals surface area contributed by atoms with E-state index >= 15 is 0 Å². The first kappa shape index (κ1) is 26.0. The number of rotatable bonds is 0. The van der Waals surface area contributed by atoms with Gasteiger partial charge in [0, 0.05) is 12.1 Å². The van der Waals surface area contributed by atoms with E-state index in [2.05, 4.69) is 0 Å². The van der Waals surface area contributed by atoms with Crippen LogP contribution in [0.2, 0.25) is 0 Å². The summed E-state index contributed by atoms with van der Waals surface area (Å²) in [5.41, 5.74) is 1.73. The molecule has 6 rings (SSSR count). The average molecular weight is 485 g/mol. The van der Waals surface area contributed by atoms with Crippen molar-refractivity contribution in [2.45, 2.75) is 27.7 Å². The van der Waals surface area contributed by atoms with E-state index in [0.717, 1.165) is 0 Å². The van der Waals surface area contributed by atoms with Gasteiger partial charge in [-0.3, -0.25) is 9.59 Å². The Morgan fingerprint density at radius 3 is 1.19 bits per heavy atom. The van der Waals surface area contributed by atoms with Crippen molar-refractivity contribution >= 4 is 43.9 Å². The molecule has 6 heteroatoms. The molecule has 2 N–H and O–H groups in total. The molecule has 0 atom stereocenters. The molecule has 6 nitrogen and oxygen atoms in total. The summed E-state index contributed by atoms with van der Waals surface area (Å²) in [6.45, 7) is 8.00. The molecule has 0 unspecified atom stereocenters. The first-order chi connectivity index (χ1) is 17.5. The molecule has 0 radical (unpaired) electrons. The van der Waals surface area contributed by atoms with E-state index in [0.29, 0.717) is 43.9 Å². The number of para-hydroxylation sites is 2. The second-order valence-electron chi connectivity index (χ2n) is 7.22. The van der Waals surface area contributed by atoms with E-state index in [9.17, 15) is 19.8 Å². The molecule has 2 heterocycles. The molecule has 4 aromatic carbocycles. The smallest absolute Gasteiger partial charge is 0.200 e. The van der Waals surface area contributed by atoms with E-state index < -0.39 is 0 Å². The molecule has 0 bridgehead atoms. The zero-order valence-corrected chi connectivity index (χ0v) is 20.6. The minimum Gasteiger partial charge on any atom is -0.508 e. The molecule has 0 fully saturated rings. The molecule has 184 valence electrons. The van der Waals surface area contributed by atoms with Crippen molar-refractivity contribution in [2.24, 2.45) is 0 Å². The first-order valence-electron chi connectivity index (χ1n) is 11.8. The second kappa shape index (κ2) is 11.7. The molecule has 0 spiro atoms. The van der Waals surface area contributed by atoms with Crippen molar-refractivity contribution in [2.75, 3.05) is 0 Å². The van der Waals surface area contributed by atoms with Crippen LogP contribution in [0.1, 0.15) is 27.7 Å². The number of hydrogen-bond acceptors (Lipinski definition) is 6. The average Bonchev–Trinajstić information content (AvgIpc) is 2.91. The summed E-state index contributed by atoms with van der Waals surface area (Å²) in [7, 11) is 0. The Bertz CT molecular complexity index is 1610. The second-order valence-corrected chi connectivity index (χ2v) is 7.22.